The van der Waals surface area contributed by atoms with E-state index in [1.54, 1.807) is 7.11 Å². The van der Waals surface area contributed by atoms with Gasteiger partial charge < -0.3 is 9.30 Å². The molecule has 0 amide bonds. The molecule has 33 heavy (non-hydrogen) atoms. The van der Waals surface area contributed by atoms with Crippen molar-refractivity contribution in [3.05, 3.63) is 120 Å². The lowest BCUT2D eigenvalue weighted by Crippen LogP contribution is -2.49. The van der Waals surface area contributed by atoms with Gasteiger partial charge in [-0.1, -0.05) is 86.1 Å². The maximum Gasteiger partial charge on any atom is 0.118 e. The predicted molar refractivity (Wildman–Crippen MR) is 134 cm³/mol. The quantitative estimate of drug-likeness (QED) is 0.281. The van der Waals surface area contributed by atoms with E-state index in [0.717, 1.165) is 38.2 Å². The molecule has 0 unspecified atom stereocenters. The maximum atomic E-state index is 5.42. The summed E-state index contributed by atoms with van der Waals surface area (Å²) in [5.74, 6) is 0.880. The first-order chi connectivity index (χ1) is 16.3. The summed E-state index contributed by atoms with van der Waals surface area (Å²) in [5, 5.41) is 0. The van der Waals surface area contributed by atoms with Crippen LogP contribution in [0.2, 0.25) is 0 Å². The lowest BCUT2D eigenvalue weighted by molar-refractivity contribution is 0.0814. The van der Waals surface area contributed by atoms with Crippen molar-refractivity contribution in [3.8, 4) is 5.75 Å². The van der Waals surface area contributed by atoms with Gasteiger partial charge in [-0.15, -0.1) is 0 Å². The number of methoxy groups -OCH3 is 1. The largest absolute Gasteiger partial charge is 0.497 e. The molecule has 0 spiro atoms. The summed E-state index contributed by atoms with van der Waals surface area (Å²) in [6, 6.07) is 30.4. The van der Waals surface area contributed by atoms with Gasteiger partial charge in [0.05, 0.1) is 25.6 Å². The zero-order chi connectivity index (χ0) is 22.9. The van der Waals surface area contributed by atoms with Crippen LogP contribution < -0.4 is 4.74 Å². The molecular formula is C29H33N3O. The summed E-state index contributed by atoms with van der Waals surface area (Å²) < 4.78 is 7.59. The minimum absolute atomic E-state index is 0.337. The van der Waals surface area contributed by atoms with Crippen LogP contribution in [0, 0.1) is 0 Å². The van der Waals surface area contributed by atoms with Gasteiger partial charge in [-0.3, -0.25) is 4.90 Å². The van der Waals surface area contributed by atoms with E-state index in [4.69, 9.17) is 4.74 Å². The Labute approximate surface area is 197 Å². The Morgan fingerprint density at radius 1 is 0.879 bits per heavy atom. The Bertz CT molecular complexity index is 1040. The average Bonchev–Trinajstić information content (AvgIpc) is 3.40. The summed E-state index contributed by atoms with van der Waals surface area (Å²) in [6.07, 6.45) is 8.93. The second-order valence-electron chi connectivity index (χ2n) is 8.45. The standard InChI is InChI=1S/C29H33N3O/c1-3-4-20-32(24-31-21-19-30-23-31)29(26-11-7-5-8-12-26,27-13-9-6-10-14-27)22-25-15-17-28(33-2)18-16-25/h5-19,21,23H,3-4,20,22,24H2,1-2H3. The monoisotopic (exact) mass is 439 g/mol. The van der Waals surface area contributed by atoms with E-state index in [0.29, 0.717) is 0 Å². The number of hydrogen-bond donors (Lipinski definition) is 0. The van der Waals surface area contributed by atoms with Crippen LogP contribution in [-0.4, -0.2) is 28.1 Å². The third-order valence-corrected chi connectivity index (χ3v) is 6.34. The summed E-state index contributed by atoms with van der Waals surface area (Å²) in [5.41, 5.74) is 3.53. The molecule has 4 nitrogen and oxygen atoms in total. The van der Waals surface area contributed by atoms with Crippen LogP contribution in [0.1, 0.15) is 36.5 Å². The first-order valence-electron chi connectivity index (χ1n) is 11.7. The zero-order valence-electron chi connectivity index (χ0n) is 19.6. The molecule has 0 N–H and O–H groups in total. The molecule has 4 aromatic rings. The molecule has 0 atom stereocenters. The average molecular weight is 440 g/mol. The molecule has 0 saturated carbocycles. The molecule has 0 bridgehead atoms. The summed E-state index contributed by atoms with van der Waals surface area (Å²) >= 11 is 0. The summed E-state index contributed by atoms with van der Waals surface area (Å²) in [6.45, 7) is 4.00. The van der Waals surface area contributed by atoms with Crippen LogP contribution in [0.15, 0.2) is 104 Å². The number of ether oxygens (including phenoxy) is 1. The van der Waals surface area contributed by atoms with Crippen molar-refractivity contribution in [2.45, 2.75) is 38.4 Å². The van der Waals surface area contributed by atoms with E-state index >= 15 is 0 Å². The number of hydrogen-bond acceptors (Lipinski definition) is 3. The molecule has 0 aliphatic carbocycles. The smallest absolute Gasteiger partial charge is 0.118 e. The van der Waals surface area contributed by atoms with Crippen molar-refractivity contribution in [2.24, 2.45) is 0 Å². The highest BCUT2D eigenvalue weighted by atomic mass is 16.5. The lowest BCUT2D eigenvalue weighted by Gasteiger charge is -2.45. The normalized spacial score (nSPS) is 11.6. The maximum absolute atomic E-state index is 5.42. The molecule has 3 aromatic carbocycles. The Balaban J connectivity index is 1.90. The fraction of sp³-hybridized carbons (Fsp3) is 0.276. The van der Waals surface area contributed by atoms with Gasteiger partial charge in [0, 0.05) is 18.9 Å². The second kappa shape index (κ2) is 11.0. The van der Waals surface area contributed by atoms with Crippen molar-refractivity contribution in [1.29, 1.82) is 0 Å². The van der Waals surface area contributed by atoms with Crippen LogP contribution in [0.25, 0.3) is 0 Å². The topological polar surface area (TPSA) is 30.3 Å². The molecular weight excluding hydrogens is 406 g/mol. The van der Waals surface area contributed by atoms with Crippen LogP contribution in [0.5, 0.6) is 5.75 Å². The first kappa shape index (κ1) is 22.8. The van der Waals surface area contributed by atoms with Crippen molar-refractivity contribution in [1.82, 2.24) is 14.5 Å². The fourth-order valence-corrected chi connectivity index (χ4v) is 4.61. The van der Waals surface area contributed by atoms with Gasteiger partial charge in [-0.05, 0) is 41.7 Å². The van der Waals surface area contributed by atoms with E-state index in [1.807, 2.05) is 18.7 Å². The van der Waals surface area contributed by atoms with Gasteiger partial charge in [0.15, 0.2) is 0 Å². The summed E-state index contributed by atoms with van der Waals surface area (Å²) in [7, 11) is 1.71. The highest BCUT2D eigenvalue weighted by Crippen LogP contribution is 2.40. The molecule has 0 saturated heterocycles. The van der Waals surface area contributed by atoms with Crippen LogP contribution in [0.4, 0.5) is 0 Å². The number of rotatable bonds is 11. The molecule has 4 rings (SSSR count). The Morgan fingerprint density at radius 3 is 2.03 bits per heavy atom. The van der Waals surface area contributed by atoms with Crippen molar-refractivity contribution in [2.75, 3.05) is 13.7 Å². The van der Waals surface area contributed by atoms with Gasteiger partial charge >= 0.3 is 0 Å². The minimum Gasteiger partial charge on any atom is -0.497 e. The minimum atomic E-state index is -0.337. The third kappa shape index (κ3) is 5.18. The van der Waals surface area contributed by atoms with Crippen molar-refractivity contribution < 1.29 is 4.74 Å². The van der Waals surface area contributed by atoms with Gasteiger partial charge in [-0.25, -0.2) is 4.98 Å². The first-order valence-corrected chi connectivity index (χ1v) is 11.7. The Hall–Kier alpha value is -3.37. The zero-order valence-corrected chi connectivity index (χ0v) is 19.6. The van der Waals surface area contributed by atoms with Gasteiger partial charge in [0.25, 0.3) is 0 Å². The number of unbranched alkanes of at least 4 members (excludes halogenated alkanes) is 1. The van der Waals surface area contributed by atoms with Crippen LogP contribution in [-0.2, 0) is 18.6 Å². The van der Waals surface area contributed by atoms with Crippen LogP contribution >= 0.6 is 0 Å². The highest BCUT2D eigenvalue weighted by molar-refractivity contribution is 5.42. The third-order valence-electron chi connectivity index (χ3n) is 6.34. The van der Waals surface area contributed by atoms with E-state index in [2.05, 4.69) is 106 Å². The van der Waals surface area contributed by atoms with E-state index in [-0.39, 0.29) is 5.54 Å². The van der Waals surface area contributed by atoms with Crippen LogP contribution in [0.3, 0.4) is 0 Å². The Kier molecular flexibility index (Phi) is 7.59. The predicted octanol–water partition coefficient (Wildman–Crippen LogP) is 6.14. The number of benzene rings is 3. The molecule has 1 aromatic heterocycles. The molecule has 0 radical (unpaired) electrons. The van der Waals surface area contributed by atoms with Gasteiger partial charge in [-0.2, -0.15) is 0 Å². The van der Waals surface area contributed by atoms with Crippen molar-refractivity contribution >= 4 is 0 Å². The Morgan fingerprint density at radius 2 is 1.52 bits per heavy atom. The number of imidazole rings is 1. The van der Waals surface area contributed by atoms with E-state index in [1.165, 1.54) is 16.7 Å². The fourth-order valence-electron chi connectivity index (χ4n) is 4.61. The summed E-state index contributed by atoms with van der Waals surface area (Å²) in [4.78, 5) is 6.93. The van der Waals surface area contributed by atoms with Gasteiger partial charge in [0.2, 0.25) is 0 Å². The van der Waals surface area contributed by atoms with E-state index in [9.17, 15) is 0 Å². The number of aromatic nitrogens is 2. The molecule has 4 heteroatoms. The molecule has 0 fully saturated rings. The second-order valence-corrected chi connectivity index (χ2v) is 8.45. The van der Waals surface area contributed by atoms with Gasteiger partial charge in [0.1, 0.15) is 5.75 Å². The lowest BCUT2D eigenvalue weighted by atomic mass is 9.76. The molecule has 0 aliphatic heterocycles. The number of nitrogens with zero attached hydrogens (tertiary/aromatic N) is 3. The molecule has 0 aliphatic rings. The highest BCUT2D eigenvalue weighted by Gasteiger charge is 2.40. The molecule has 1 heterocycles. The molecule has 170 valence electrons. The van der Waals surface area contributed by atoms with E-state index < -0.39 is 0 Å². The van der Waals surface area contributed by atoms with Crippen molar-refractivity contribution in [3.63, 3.8) is 0 Å². The SMILES string of the molecule is CCCCN(Cn1ccnc1)C(Cc1ccc(OC)cc1)(c1ccccc1)c1ccccc1.